The van der Waals surface area contributed by atoms with Gasteiger partial charge in [-0.3, -0.25) is 19.9 Å². The molecule has 10 heteroatoms. The molecule has 0 atom stereocenters. The summed E-state index contributed by atoms with van der Waals surface area (Å²) in [6, 6.07) is 19.9. The Labute approximate surface area is 262 Å². The van der Waals surface area contributed by atoms with Crippen molar-refractivity contribution < 1.29 is 39.4 Å². The van der Waals surface area contributed by atoms with Crippen molar-refractivity contribution in [1.29, 1.82) is 0 Å². The van der Waals surface area contributed by atoms with Crippen molar-refractivity contribution in [3.05, 3.63) is 135 Å². The van der Waals surface area contributed by atoms with E-state index in [2.05, 4.69) is 41.9 Å². The molecule has 208 valence electrons. The average molecular weight is 779 g/mol. The third kappa shape index (κ3) is 8.76. The zero-order valence-corrected chi connectivity index (χ0v) is 26.0. The molecule has 4 aromatic heterocycles. The summed E-state index contributed by atoms with van der Waals surface area (Å²) in [6.45, 7) is 5.76. The second-order valence-corrected chi connectivity index (χ2v) is 9.04. The topological polar surface area (TPSA) is 64.5 Å². The maximum absolute atomic E-state index is 4.47. The molecule has 0 amide bonds. The van der Waals surface area contributed by atoms with Crippen molar-refractivity contribution in [1.82, 2.24) is 39.5 Å². The van der Waals surface area contributed by atoms with Crippen LogP contribution in [0.4, 0.5) is 0 Å². The minimum atomic E-state index is 0. The van der Waals surface area contributed by atoms with Crippen molar-refractivity contribution in [2.24, 2.45) is 0 Å². The molecule has 2 aliphatic rings. The van der Waals surface area contributed by atoms with Gasteiger partial charge in [0.2, 0.25) is 0 Å². The number of hydrogen-bond donors (Lipinski definition) is 0. The molecule has 6 heterocycles. The van der Waals surface area contributed by atoms with Crippen LogP contribution in [0.5, 0.6) is 0 Å². The molecule has 0 radical (unpaired) electrons. The van der Waals surface area contributed by atoms with Crippen LogP contribution in [0.2, 0.25) is 0 Å². The van der Waals surface area contributed by atoms with Crippen molar-refractivity contribution in [3.63, 3.8) is 0 Å². The van der Waals surface area contributed by atoms with Crippen LogP contribution in [0.25, 0.3) is 22.8 Å². The van der Waals surface area contributed by atoms with Crippen LogP contribution in [-0.4, -0.2) is 53.6 Å². The van der Waals surface area contributed by atoms with Gasteiger partial charge in [0.25, 0.3) is 0 Å². The Bertz CT molecular complexity index is 1250. The molecule has 2 aliphatic heterocycles. The molecular formula is C30H30AuBrN8. The standard InChI is InChI=1S/2C15H15N4.Au.BrH/c2*1-18-8-9-19(12-18)11-13-5-6-15(17-10-13)14-4-2-3-7-16-14;;/h2*2-10,12H,11H2,1H3;;1H/q2*-1;+3;/p-1. The fraction of sp³-hybridized carbons (Fsp3) is 0.133. The van der Waals surface area contributed by atoms with Crippen molar-refractivity contribution >= 4 is 0 Å². The van der Waals surface area contributed by atoms with E-state index in [-0.39, 0.29) is 39.4 Å². The van der Waals surface area contributed by atoms with Gasteiger partial charge in [-0.25, -0.2) is 0 Å². The molecule has 0 aromatic carbocycles. The Balaban J connectivity index is 0.000000210. The maximum Gasteiger partial charge on any atom is 3.00 e. The Morgan fingerprint density at radius 1 is 0.550 bits per heavy atom. The monoisotopic (exact) mass is 778 g/mol. The molecule has 0 aliphatic carbocycles. The van der Waals surface area contributed by atoms with E-state index < -0.39 is 0 Å². The summed E-state index contributed by atoms with van der Waals surface area (Å²) in [6.07, 6.45) is 15.5. The number of hydrogen-bond acceptors (Lipinski definition) is 8. The van der Waals surface area contributed by atoms with E-state index in [9.17, 15) is 0 Å². The molecule has 4 aromatic rings. The predicted octanol–water partition coefficient (Wildman–Crippen LogP) is 1.96. The van der Waals surface area contributed by atoms with Crippen LogP contribution < -0.4 is 17.0 Å². The fourth-order valence-electron chi connectivity index (χ4n) is 3.98. The van der Waals surface area contributed by atoms with Crippen molar-refractivity contribution in [3.8, 4) is 22.8 Å². The van der Waals surface area contributed by atoms with E-state index in [0.29, 0.717) is 0 Å². The van der Waals surface area contributed by atoms with E-state index in [0.717, 1.165) is 35.9 Å². The molecule has 6 rings (SSSR count). The van der Waals surface area contributed by atoms with Gasteiger partial charge in [0, 0.05) is 37.9 Å². The summed E-state index contributed by atoms with van der Waals surface area (Å²) < 4.78 is 0. The molecule has 0 saturated heterocycles. The summed E-state index contributed by atoms with van der Waals surface area (Å²) in [5, 5.41) is 0. The first-order chi connectivity index (χ1) is 18.6. The maximum atomic E-state index is 4.47. The summed E-state index contributed by atoms with van der Waals surface area (Å²) in [5.74, 6) is 0. The van der Waals surface area contributed by atoms with E-state index in [1.165, 1.54) is 11.1 Å². The summed E-state index contributed by atoms with van der Waals surface area (Å²) in [5.41, 5.74) is 5.97. The predicted molar refractivity (Wildman–Crippen MR) is 148 cm³/mol. The minimum Gasteiger partial charge on any atom is -1.00 e. The van der Waals surface area contributed by atoms with E-state index >= 15 is 0 Å². The molecule has 0 fully saturated rings. The molecule has 0 spiro atoms. The number of rotatable bonds is 6. The smallest absolute Gasteiger partial charge is 1.00 e. The van der Waals surface area contributed by atoms with Crippen LogP contribution in [-0.2, 0) is 35.5 Å². The van der Waals surface area contributed by atoms with Gasteiger partial charge in [0.15, 0.2) is 0 Å². The van der Waals surface area contributed by atoms with E-state index in [4.69, 9.17) is 0 Å². The number of halogens is 1. The summed E-state index contributed by atoms with van der Waals surface area (Å²) in [7, 11) is 4.03. The zero-order chi connectivity index (χ0) is 26.2. The fourth-order valence-corrected chi connectivity index (χ4v) is 3.98. The number of pyridine rings is 4. The Kier molecular flexibility index (Phi) is 11.9. The van der Waals surface area contributed by atoms with Gasteiger partial charge in [0.05, 0.1) is 22.8 Å². The third-order valence-corrected chi connectivity index (χ3v) is 5.88. The Morgan fingerprint density at radius 2 is 0.975 bits per heavy atom. The van der Waals surface area contributed by atoms with Crippen LogP contribution in [0.1, 0.15) is 11.1 Å². The van der Waals surface area contributed by atoms with Crippen molar-refractivity contribution in [2.75, 3.05) is 14.1 Å². The number of nitrogens with zero attached hydrogens (tertiary/aromatic N) is 8. The quantitative estimate of drug-likeness (QED) is 0.218. The van der Waals surface area contributed by atoms with Crippen LogP contribution >= 0.6 is 0 Å². The normalized spacial score (nSPS) is 13.4. The molecule has 0 saturated carbocycles. The van der Waals surface area contributed by atoms with Gasteiger partial charge in [-0.15, -0.1) is 0 Å². The molecule has 0 bridgehead atoms. The van der Waals surface area contributed by atoms with E-state index in [1.807, 2.05) is 123 Å². The minimum absolute atomic E-state index is 0. The molecule has 0 N–H and O–H groups in total. The number of aromatic nitrogens is 4. The van der Waals surface area contributed by atoms with Gasteiger partial charge in [-0.1, -0.05) is 24.3 Å². The first-order valence-electron chi connectivity index (χ1n) is 12.4. The SMILES string of the molecule is CN1C=CN(Cc2ccc(-c3ccccn3)nc2)[CH-]1.CN1C=CN(Cc2ccc(-c3ccccn3)nc2)[CH-]1.[Au+3].[Br-]. The van der Waals surface area contributed by atoms with Gasteiger partial charge in [-0.2, -0.15) is 13.3 Å². The molecular weight excluding hydrogens is 749 g/mol. The van der Waals surface area contributed by atoms with Gasteiger partial charge in [0.1, 0.15) is 0 Å². The summed E-state index contributed by atoms with van der Waals surface area (Å²) >= 11 is 0. The second kappa shape index (κ2) is 15.3. The van der Waals surface area contributed by atoms with Gasteiger partial charge < -0.3 is 36.6 Å². The first kappa shape index (κ1) is 31.0. The first-order valence-corrected chi connectivity index (χ1v) is 12.4. The van der Waals surface area contributed by atoms with Gasteiger partial charge in [-0.05, 0) is 86.4 Å². The van der Waals surface area contributed by atoms with E-state index in [1.54, 1.807) is 12.4 Å². The average Bonchev–Trinajstić information content (AvgIpc) is 3.57. The summed E-state index contributed by atoms with van der Waals surface area (Å²) in [4.78, 5) is 25.8. The van der Waals surface area contributed by atoms with Crippen LogP contribution in [0, 0.1) is 13.3 Å². The molecule has 8 nitrogen and oxygen atoms in total. The largest absolute Gasteiger partial charge is 3.00 e. The zero-order valence-electron chi connectivity index (χ0n) is 22.2. The van der Waals surface area contributed by atoms with Gasteiger partial charge >= 0.3 is 22.4 Å². The third-order valence-electron chi connectivity index (χ3n) is 5.88. The van der Waals surface area contributed by atoms with Crippen LogP contribution in [0.15, 0.2) is 110 Å². The Morgan fingerprint density at radius 3 is 1.27 bits per heavy atom. The van der Waals surface area contributed by atoms with Crippen LogP contribution in [0.3, 0.4) is 0 Å². The molecule has 40 heavy (non-hydrogen) atoms. The Hall–Kier alpha value is -3.50. The molecule has 0 unspecified atom stereocenters. The van der Waals surface area contributed by atoms with Crippen molar-refractivity contribution in [2.45, 2.75) is 13.1 Å². The second-order valence-electron chi connectivity index (χ2n) is 9.04.